The Kier molecular flexibility index (Phi) is 7.05. The molecule has 0 unspecified atom stereocenters. The third-order valence-electron chi connectivity index (χ3n) is 7.54. The summed E-state index contributed by atoms with van der Waals surface area (Å²) in [6, 6.07) is 34.8. The van der Waals surface area contributed by atoms with Crippen molar-refractivity contribution < 1.29 is 14.3 Å². The third kappa shape index (κ3) is 5.26. The molecule has 1 amide bonds. The normalized spacial score (nSPS) is 13.8. The van der Waals surface area contributed by atoms with Gasteiger partial charge < -0.3 is 19.4 Å². The number of carbonyl (C=O) groups is 1. The summed E-state index contributed by atoms with van der Waals surface area (Å²) in [6.07, 6.45) is 3.24. The highest BCUT2D eigenvalue weighted by atomic mass is 16.7. The number of nitrogens with one attached hydrogen (secondary N) is 1. The van der Waals surface area contributed by atoms with E-state index in [-0.39, 0.29) is 24.7 Å². The zero-order chi connectivity index (χ0) is 26.6. The van der Waals surface area contributed by atoms with Crippen LogP contribution in [0.4, 0.5) is 0 Å². The maximum absolute atomic E-state index is 13.8. The Balaban J connectivity index is 1.35. The quantitative estimate of drug-likeness (QED) is 0.229. The molecule has 0 aliphatic carbocycles. The molecule has 5 aromatic rings. The SMILES string of the molecule is CCn1cc([C@@H](CC(=O)N[C@@H](Cc2ccccc2)c2ccccc2)c2ccc3c(c2)OCO3)c2ccccc21. The lowest BCUT2D eigenvalue weighted by Crippen LogP contribution is -2.31. The highest BCUT2D eigenvalue weighted by molar-refractivity contribution is 5.87. The minimum atomic E-state index is -0.148. The van der Waals surface area contributed by atoms with Crippen molar-refractivity contribution in [2.24, 2.45) is 0 Å². The Hall–Kier alpha value is -4.51. The largest absolute Gasteiger partial charge is 0.454 e. The minimum Gasteiger partial charge on any atom is -0.454 e. The predicted molar refractivity (Wildman–Crippen MR) is 154 cm³/mol. The van der Waals surface area contributed by atoms with Gasteiger partial charge in [-0.3, -0.25) is 4.79 Å². The first-order valence-corrected chi connectivity index (χ1v) is 13.5. The van der Waals surface area contributed by atoms with Gasteiger partial charge in [-0.25, -0.2) is 0 Å². The Morgan fingerprint density at radius 2 is 1.56 bits per heavy atom. The van der Waals surface area contributed by atoms with E-state index >= 15 is 0 Å². The summed E-state index contributed by atoms with van der Waals surface area (Å²) >= 11 is 0. The highest BCUT2D eigenvalue weighted by Gasteiger charge is 2.26. The van der Waals surface area contributed by atoms with E-state index in [1.54, 1.807) is 0 Å². The van der Waals surface area contributed by atoms with Gasteiger partial charge >= 0.3 is 0 Å². The third-order valence-corrected chi connectivity index (χ3v) is 7.54. The molecular formula is C34H32N2O3. The van der Waals surface area contributed by atoms with Gasteiger partial charge in [-0.2, -0.15) is 0 Å². The van der Waals surface area contributed by atoms with Crippen molar-refractivity contribution in [3.05, 3.63) is 132 Å². The fraction of sp³-hybridized carbons (Fsp3) is 0.206. The molecule has 1 aliphatic rings. The van der Waals surface area contributed by atoms with Crippen molar-refractivity contribution in [3.8, 4) is 11.5 Å². The van der Waals surface area contributed by atoms with E-state index in [9.17, 15) is 4.79 Å². The molecule has 2 heterocycles. The van der Waals surface area contributed by atoms with Crippen LogP contribution in [0.2, 0.25) is 0 Å². The molecule has 5 heteroatoms. The second kappa shape index (κ2) is 11.1. The zero-order valence-electron chi connectivity index (χ0n) is 22.0. The number of hydrogen-bond acceptors (Lipinski definition) is 3. The summed E-state index contributed by atoms with van der Waals surface area (Å²) in [7, 11) is 0. The first-order valence-electron chi connectivity index (χ1n) is 13.5. The number of para-hydroxylation sites is 1. The van der Waals surface area contributed by atoms with Gasteiger partial charge in [-0.15, -0.1) is 0 Å². The molecule has 5 nitrogen and oxygen atoms in total. The van der Waals surface area contributed by atoms with Gasteiger partial charge in [0.05, 0.1) is 6.04 Å². The summed E-state index contributed by atoms with van der Waals surface area (Å²) in [6.45, 7) is 3.22. The lowest BCUT2D eigenvalue weighted by molar-refractivity contribution is -0.122. The zero-order valence-corrected chi connectivity index (χ0v) is 22.0. The molecule has 0 fully saturated rings. The highest BCUT2D eigenvalue weighted by Crippen LogP contribution is 2.40. The van der Waals surface area contributed by atoms with Gasteiger partial charge in [0.25, 0.3) is 0 Å². The first kappa shape index (κ1) is 24.8. The summed E-state index contributed by atoms with van der Waals surface area (Å²) < 4.78 is 13.5. The van der Waals surface area contributed by atoms with Crippen molar-refractivity contribution >= 4 is 16.8 Å². The Bertz CT molecular complexity index is 1580. The number of aromatic nitrogens is 1. The minimum absolute atomic E-state index is 0.00998. The Morgan fingerprint density at radius 3 is 2.36 bits per heavy atom. The molecule has 0 spiro atoms. The molecule has 1 aliphatic heterocycles. The van der Waals surface area contributed by atoms with Crippen LogP contribution in [-0.2, 0) is 17.8 Å². The lowest BCUT2D eigenvalue weighted by Gasteiger charge is -2.22. The molecular weight excluding hydrogens is 484 g/mol. The molecule has 6 rings (SSSR count). The number of fused-ring (bicyclic) bond motifs is 2. The summed E-state index contributed by atoms with van der Waals surface area (Å²) in [5.74, 6) is 1.33. The molecule has 39 heavy (non-hydrogen) atoms. The molecule has 0 saturated heterocycles. The Labute approximate surface area is 229 Å². The molecule has 2 atom stereocenters. The maximum Gasteiger partial charge on any atom is 0.231 e. The molecule has 1 aromatic heterocycles. The van der Waals surface area contributed by atoms with Gasteiger partial charge in [-0.1, -0.05) is 84.9 Å². The number of rotatable bonds is 9. The van der Waals surface area contributed by atoms with Crippen LogP contribution in [0.1, 0.15) is 47.6 Å². The number of hydrogen-bond donors (Lipinski definition) is 1. The smallest absolute Gasteiger partial charge is 0.231 e. The standard InChI is InChI=1S/C34H32N2O3/c1-2-36-22-29(27-15-9-10-16-31(27)36)28(26-17-18-32-33(20-26)39-23-38-32)21-34(37)35-30(25-13-7-4-8-14-25)19-24-11-5-3-6-12-24/h3-18,20,22,28,30H,2,19,21,23H2,1H3,(H,35,37)/t28-,30-/m0/s1. The van der Waals surface area contributed by atoms with E-state index in [0.29, 0.717) is 6.42 Å². The maximum atomic E-state index is 13.8. The molecule has 196 valence electrons. The lowest BCUT2D eigenvalue weighted by atomic mass is 9.87. The topological polar surface area (TPSA) is 52.5 Å². The molecule has 0 radical (unpaired) electrons. The van der Waals surface area contributed by atoms with E-state index in [2.05, 4.69) is 77.6 Å². The van der Waals surface area contributed by atoms with E-state index < -0.39 is 0 Å². The number of nitrogens with zero attached hydrogens (tertiary/aromatic N) is 1. The van der Waals surface area contributed by atoms with Gasteiger partial charge in [0.1, 0.15) is 0 Å². The average molecular weight is 517 g/mol. The van der Waals surface area contributed by atoms with Crippen LogP contribution in [0.15, 0.2) is 109 Å². The van der Waals surface area contributed by atoms with Crippen LogP contribution >= 0.6 is 0 Å². The molecule has 1 N–H and O–H groups in total. The number of amides is 1. The predicted octanol–water partition coefficient (Wildman–Crippen LogP) is 7.01. The molecule has 4 aromatic carbocycles. The van der Waals surface area contributed by atoms with Crippen molar-refractivity contribution in [3.63, 3.8) is 0 Å². The van der Waals surface area contributed by atoms with Crippen molar-refractivity contribution in [1.29, 1.82) is 0 Å². The summed E-state index contributed by atoms with van der Waals surface area (Å²) in [4.78, 5) is 13.8. The number of aryl methyl sites for hydroxylation is 1. The van der Waals surface area contributed by atoms with E-state index in [4.69, 9.17) is 9.47 Å². The number of ether oxygens (including phenoxy) is 2. The van der Waals surface area contributed by atoms with Crippen LogP contribution < -0.4 is 14.8 Å². The van der Waals surface area contributed by atoms with E-state index in [1.165, 1.54) is 16.5 Å². The average Bonchev–Trinajstić information content (AvgIpc) is 3.61. The van der Waals surface area contributed by atoms with Crippen LogP contribution in [0, 0.1) is 0 Å². The van der Waals surface area contributed by atoms with Crippen molar-refractivity contribution in [2.75, 3.05) is 6.79 Å². The van der Waals surface area contributed by atoms with E-state index in [0.717, 1.165) is 41.2 Å². The van der Waals surface area contributed by atoms with Gasteiger partial charge in [-0.05, 0) is 53.8 Å². The fourth-order valence-electron chi connectivity index (χ4n) is 5.58. The molecule has 0 saturated carbocycles. The van der Waals surface area contributed by atoms with Crippen molar-refractivity contribution in [1.82, 2.24) is 9.88 Å². The Morgan fingerprint density at radius 1 is 0.846 bits per heavy atom. The summed E-state index contributed by atoms with van der Waals surface area (Å²) in [5, 5.41) is 4.54. The first-order chi connectivity index (χ1) is 19.2. The monoisotopic (exact) mass is 516 g/mol. The summed E-state index contributed by atoms with van der Waals surface area (Å²) in [5.41, 5.74) is 5.63. The van der Waals surface area contributed by atoms with Crippen LogP contribution in [0.5, 0.6) is 11.5 Å². The molecule has 0 bridgehead atoms. The number of benzene rings is 4. The van der Waals surface area contributed by atoms with Gasteiger partial charge in [0.2, 0.25) is 12.7 Å². The van der Waals surface area contributed by atoms with Crippen LogP contribution in [-0.4, -0.2) is 17.3 Å². The van der Waals surface area contributed by atoms with Crippen molar-refractivity contribution in [2.45, 2.75) is 38.3 Å². The van der Waals surface area contributed by atoms with E-state index in [1.807, 2.05) is 48.5 Å². The van der Waals surface area contributed by atoms with Gasteiger partial charge in [0, 0.05) is 36.0 Å². The van der Waals surface area contributed by atoms with Crippen LogP contribution in [0.25, 0.3) is 10.9 Å². The van der Waals surface area contributed by atoms with Crippen LogP contribution in [0.3, 0.4) is 0 Å². The second-order valence-electron chi connectivity index (χ2n) is 9.98. The second-order valence-corrected chi connectivity index (χ2v) is 9.98. The fourth-order valence-corrected chi connectivity index (χ4v) is 5.58. The van der Waals surface area contributed by atoms with Gasteiger partial charge in [0.15, 0.2) is 11.5 Å². The number of carbonyl (C=O) groups excluding carboxylic acids is 1.